The molecule has 0 saturated heterocycles. The molecule has 1 amide bonds. The van der Waals surface area contributed by atoms with Gasteiger partial charge < -0.3 is 5.73 Å². The highest BCUT2D eigenvalue weighted by Gasteiger charge is 2.07. The maximum absolute atomic E-state index is 11.0. The monoisotopic (exact) mass is 267 g/mol. The second-order valence-electron chi connectivity index (χ2n) is 3.12. The number of anilines is 1. The van der Waals surface area contributed by atoms with Crippen LogP contribution in [-0.4, -0.2) is 20.0 Å². The zero-order valence-electron chi connectivity index (χ0n) is 8.99. The summed E-state index contributed by atoms with van der Waals surface area (Å²) in [7, 11) is -3.76. The lowest BCUT2D eigenvalue weighted by Gasteiger charge is -2.02. The van der Waals surface area contributed by atoms with Crippen molar-refractivity contribution < 1.29 is 13.2 Å². The Morgan fingerprint density at radius 3 is 2.28 bits per heavy atom. The van der Waals surface area contributed by atoms with Crippen LogP contribution in [0, 0.1) is 11.3 Å². The van der Waals surface area contributed by atoms with Gasteiger partial charge in [0.2, 0.25) is 15.7 Å². The van der Waals surface area contributed by atoms with Crippen LogP contribution >= 0.6 is 0 Å². The van der Waals surface area contributed by atoms with E-state index >= 15 is 0 Å². The molecule has 0 atom stereocenters. The number of hydrogen-bond acceptors (Lipinski definition) is 6. The van der Waals surface area contributed by atoms with Crippen molar-refractivity contribution in [1.82, 2.24) is 0 Å². The van der Waals surface area contributed by atoms with Crippen LogP contribution in [0.2, 0.25) is 0 Å². The molecule has 8 nitrogen and oxygen atoms in total. The molecule has 9 heteroatoms. The number of carbonyl (C=O) groups excluding carboxylic acids is 1. The lowest BCUT2D eigenvalue weighted by molar-refractivity contribution is -0.111. The quantitative estimate of drug-likeness (QED) is 0.477. The number of sulfonamides is 1. The highest BCUT2D eigenvalue weighted by molar-refractivity contribution is 7.89. The molecule has 5 N–H and O–H groups in total. The van der Waals surface area contributed by atoms with E-state index in [-0.39, 0.29) is 4.90 Å². The van der Waals surface area contributed by atoms with Gasteiger partial charge in [0.25, 0.3) is 5.91 Å². The van der Waals surface area contributed by atoms with Crippen molar-refractivity contribution in [3.05, 3.63) is 24.3 Å². The van der Waals surface area contributed by atoms with Gasteiger partial charge >= 0.3 is 0 Å². The molecule has 0 aromatic heterocycles. The normalized spacial score (nSPS) is 11.7. The number of nitrogens with one attached hydrogen (secondary N) is 1. The summed E-state index contributed by atoms with van der Waals surface area (Å²) in [5.41, 5.74) is 7.13. The van der Waals surface area contributed by atoms with Crippen LogP contribution in [0.15, 0.2) is 34.3 Å². The van der Waals surface area contributed by atoms with E-state index in [9.17, 15) is 13.2 Å². The average molecular weight is 267 g/mol. The molecule has 0 aliphatic heterocycles. The Bertz CT molecular complexity index is 627. The zero-order valence-corrected chi connectivity index (χ0v) is 9.81. The molecule has 0 aliphatic rings. The average Bonchev–Trinajstić information content (AvgIpc) is 2.29. The first kappa shape index (κ1) is 13.6. The molecule has 1 rings (SSSR count). The number of benzene rings is 1. The van der Waals surface area contributed by atoms with Crippen LogP contribution < -0.4 is 16.3 Å². The molecule has 18 heavy (non-hydrogen) atoms. The minimum Gasteiger partial charge on any atom is -0.364 e. The summed E-state index contributed by atoms with van der Waals surface area (Å²) in [6.07, 6.45) is 0. The third-order valence-electron chi connectivity index (χ3n) is 1.82. The van der Waals surface area contributed by atoms with Gasteiger partial charge in [0.1, 0.15) is 6.07 Å². The van der Waals surface area contributed by atoms with E-state index in [0.29, 0.717) is 5.69 Å². The smallest absolute Gasteiger partial charge is 0.280 e. The van der Waals surface area contributed by atoms with Gasteiger partial charge in [0, 0.05) is 0 Å². The Labute approximate surface area is 103 Å². The molecule has 94 valence electrons. The van der Waals surface area contributed by atoms with Crippen molar-refractivity contribution in [3.63, 3.8) is 0 Å². The predicted molar refractivity (Wildman–Crippen MR) is 63.7 cm³/mol. The second-order valence-corrected chi connectivity index (χ2v) is 4.68. The number of hydrogen-bond donors (Lipinski definition) is 3. The number of carbonyl (C=O) groups is 1. The van der Waals surface area contributed by atoms with Gasteiger partial charge in [0.05, 0.1) is 10.6 Å². The minimum atomic E-state index is -3.76. The SMILES string of the molecule is N#C/C(=N\Nc1ccc(S(N)(=O)=O)cc1)C(N)=O. The van der Waals surface area contributed by atoms with Gasteiger partial charge in [-0.1, -0.05) is 0 Å². The maximum atomic E-state index is 11.0. The van der Waals surface area contributed by atoms with E-state index in [1.807, 2.05) is 0 Å². The number of nitriles is 1. The molecular formula is C9H9N5O3S. The predicted octanol–water partition coefficient (Wildman–Crippen LogP) is -0.889. The number of hydrazone groups is 1. The Morgan fingerprint density at radius 2 is 1.89 bits per heavy atom. The first-order chi connectivity index (χ1) is 8.34. The number of rotatable bonds is 4. The molecule has 0 radical (unpaired) electrons. The van der Waals surface area contributed by atoms with Crippen molar-refractivity contribution in [3.8, 4) is 6.07 Å². The number of primary sulfonamides is 1. The fourth-order valence-electron chi connectivity index (χ4n) is 0.975. The molecule has 0 spiro atoms. The van der Waals surface area contributed by atoms with Gasteiger partial charge in [0.15, 0.2) is 0 Å². The van der Waals surface area contributed by atoms with Crippen LogP contribution in [0.5, 0.6) is 0 Å². The first-order valence-electron chi connectivity index (χ1n) is 4.51. The van der Waals surface area contributed by atoms with Gasteiger partial charge in [-0.25, -0.2) is 13.6 Å². The van der Waals surface area contributed by atoms with Crippen molar-refractivity contribution >= 4 is 27.3 Å². The van der Waals surface area contributed by atoms with E-state index < -0.39 is 21.6 Å². The molecule has 0 aliphatic carbocycles. The molecule has 0 heterocycles. The molecule has 0 unspecified atom stereocenters. The third kappa shape index (κ3) is 3.55. The fraction of sp³-hybridized carbons (Fsp3) is 0. The molecule has 0 fully saturated rings. The van der Waals surface area contributed by atoms with Crippen LogP contribution in [0.25, 0.3) is 0 Å². The van der Waals surface area contributed by atoms with Gasteiger partial charge in [-0.3, -0.25) is 10.2 Å². The standard InChI is InChI=1S/C9H9N5O3S/c10-5-8(9(11)15)14-13-6-1-3-7(4-2-6)18(12,16)17/h1-4,13H,(H2,11,15)(H2,12,16,17)/b14-8+. The lowest BCUT2D eigenvalue weighted by atomic mass is 10.3. The second kappa shape index (κ2) is 5.26. The number of nitrogens with zero attached hydrogens (tertiary/aromatic N) is 2. The third-order valence-corrected chi connectivity index (χ3v) is 2.75. The van der Waals surface area contributed by atoms with Crippen molar-refractivity contribution in [2.24, 2.45) is 16.0 Å². The van der Waals surface area contributed by atoms with Crippen LogP contribution in [0.1, 0.15) is 0 Å². The Hall–Kier alpha value is -2.44. The zero-order chi connectivity index (χ0) is 13.8. The first-order valence-corrected chi connectivity index (χ1v) is 6.05. The van der Waals surface area contributed by atoms with Crippen molar-refractivity contribution in [2.75, 3.05) is 5.43 Å². The maximum Gasteiger partial charge on any atom is 0.280 e. The van der Waals surface area contributed by atoms with E-state index in [1.54, 1.807) is 0 Å². The van der Waals surface area contributed by atoms with Gasteiger partial charge in [-0.15, -0.1) is 0 Å². The summed E-state index contributed by atoms with van der Waals surface area (Å²) in [6, 6.07) is 6.76. The molecule has 1 aromatic rings. The highest BCUT2D eigenvalue weighted by Crippen LogP contribution is 2.12. The lowest BCUT2D eigenvalue weighted by Crippen LogP contribution is -2.22. The topological polar surface area (TPSA) is 151 Å². The van der Waals surface area contributed by atoms with Crippen LogP contribution in [-0.2, 0) is 14.8 Å². The summed E-state index contributed by atoms with van der Waals surface area (Å²) in [5, 5.41) is 16.9. The number of nitrogens with two attached hydrogens (primary N) is 2. The van der Waals surface area contributed by atoms with Crippen molar-refractivity contribution in [2.45, 2.75) is 4.90 Å². The summed E-state index contributed by atoms with van der Waals surface area (Å²) in [6.45, 7) is 0. The fourth-order valence-corrected chi connectivity index (χ4v) is 1.49. The van der Waals surface area contributed by atoms with Crippen LogP contribution in [0.3, 0.4) is 0 Å². The van der Waals surface area contributed by atoms with E-state index in [0.717, 1.165) is 0 Å². The highest BCUT2D eigenvalue weighted by atomic mass is 32.2. The Kier molecular flexibility index (Phi) is 3.98. The molecular weight excluding hydrogens is 258 g/mol. The summed E-state index contributed by atoms with van der Waals surface area (Å²) in [5.74, 6) is -0.967. The molecule has 0 bridgehead atoms. The number of amides is 1. The van der Waals surface area contributed by atoms with Crippen LogP contribution in [0.4, 0.5) is 5.69 Å². The largest absolute Gasteiger partial charge is 0.364 e. The summed E-state index contributed by atoms with van der Waals surface area (Å²) >= 11 is 0. The molecule has 1 aromatic carbocycles. The van der Waals surface area contributed by atoms with Gasteiger partial charge in [-0.2, -0.15) is 10.4 Å². The van der Waals surface area contributed by atoms with Crippen molar-refractivity contribution in [1.29, 1.82) is 5.26 Å². The summed E-state index contributed by atoms with van der Waals surface area (Å²) < 4.78 is 21.9. The Balaban J connectivity index is 2.89. The van der Waals surface area contributed by atoms with E-state index in [4.69, 9.17) is 16.1 Å². The minimum absolute atomic E-state index is 0.0626. The summed E-state index contributed by atoms with van der Waals surface area (Å²) in [4.78, 5) is 10.6. The number of primary amides is 1. The Morgan fingerprint density at radius 1 is 1.33 bits per heavy atom. The van der Waals surface area contributed by atoms with E-state index in [2.05, 4.69) is 10.5 Å². The van der Waals surface area contributed by atoms with Gasteiger partial charge in [-0.05, 0) is 24.3 Å². The molecule has 0 saturated carbocycles. The van der Waals surface area contributed by atoms with E-state index in [1.165, 1.54) is 30.3 Å².